The van der Waals surface area contributed by atoms with Gasteiger partial charge in [0, 0.05) is 7.05 Å². The van der Waals surface area contributed by atoms with E-state index in [1.165, 1.54) is 11.0 Å². The van der Waals surface area contributed by atoms with Crippen LogP contribution in [0.2, 0.25) is 0 Å². The van der Waals surface area contributed by atoms with Crippen molar-refractivity contribution in [3.8, 4) is 6.07 Å². The number of nitriles is 1. The van der Waals surface area contributed by atoms with E-state index in [1.54, 1.807) is 31.3 Å². The van der Waals surface area contributed by atoms with E-state index >= 15 is 0 Å². The van der Waals surface area contributed by atoms with Crippen LogP contribution >= 0.6 is 15.9 Å². The fraction of sp³-hybridized carbons (Fsp3) is 0.0714. The molecule has 0 fully saturated rings. The average molecular weight is 350 g/mol. The van der Waals surface area contributed by atoms with Crippen molar-refractivity contribution < 1.29 is 9.31 Å². The Balaban J connectivity index is 2.63. The molecule has 0 aliphatic rings. The number of nitro groups is 1. The molecule has 0 spiro atoms. The molecule has 0 atom stereocenters. The van der Waals surface area contributed by atoms with Crippen molar-refractivity contribution >= 4 is 33.0 Å². The summed E-state index contributed by atoms with van der Waals surface area (Å²) in [4.78, 5) is 11.9. The van der Waals surface area contributed by atoms with Crippen molar-refractivity contribution in [2.45, 2.75) is 0 Å². The molecule has 2 aromatic carbocycles. The number of para-hydroxylation sites is 1. The van der Waals surface area contributed by atoms with Crippen molar-refractivity contribution in [2.75, 3.05) is 11.9 Å². The fourth-order valence-corrected chi connectivity index (χ4v) is 2.26. The van der Waals surface area contributed by atoms with E-state index in [4.69, 9.17) is 5.26 Å². The van der Waals surface area contributed by atoms with Gasteiger partial charge in [-0.15, -0.1) is 0 Å². The molecule has 5 nitrogen and oxygen atoms in total. The molecule has 0 aromatic heterocycles. The molecular formula is C14H9BrFN3O2. The molecule has 0 unspecified atom stereocenters. The first-order valence-electron chi connectivity index (χ1n) is 5.82. The van der Waals surface area contributed by atoms with E-state index in [0.717, 1.165) is 6.07 Å². The van der Waals surface area contributed by atoms with Gasteiger partial charge in [0.2, 0.25) is 0 Å². The molecule has 0 radical (unpaired) electrons. The largest absolute Gasteiger partial charge is 0.338 e. The van der Waals surface area contributed by atoms with Crippen LogP contribution in [0.1, 0.15) is 5.56 Å². The zero-order chi connectivity index (χ0) is 15.6. The fourth-order valence-electron chi connectivity index (χ4n) is 1.93. The van der Waals surface area contributed by atoms with E-state index in [1.807, 2.05) is 6.07 Å². The first-order chi connectivity index (χ1) is 9.95. The van der Waals surface area contributed by atoms with Crippen molar-refractivity contribution in [1.29, 1.82) is 5.26 Å². The molecule has 0 heterocycles. The smallest absolute Gasteiger partial charge is 0.295 e. The number of halogens is 2. The normalized spacial score (nSPS) is 10.0. The van der Waals surface area contributed by atoms with Crippen molar-refractivity contribution in [1.82, 2.24) is 0 Å². The summed E-state index contributed by atoms with van der Waals surface area (Å²) in [5.74, 6) is -0.715. The SMILES string of the molecule is CN(c1ccccc1C#N)c1cc(Br)c(F)cc1[N+](=O)[O-]. The Hall–Kier alpha value is -2.46. The molecule has 0 aliphatic carbocycles. The number of nitrogens with zero attached hydrogens (tertiary/aromatic N) is 3. The van der Waals surface area contributed by atoms with Crippen LogP contribution in [0.5, 0.6) is 0 Å². The molecule has 7 heteroatoms. The van der Waals surface area contributed by atoms with Crippen LogP contribution in [-0.2, 0) is 0 Å². The lowest BCUT2D eigenvalue weighted by Crippen LogP contribution is -2.13. The van der Waals surface area contributed by atoms with Crippen LogP contribution in [0.15, 0.2) is 40.9 Å². The number of hydrogen-bond acceptors (Lipinski definition) is 4. The van der Waals surface area contributed by atoms with Gasteiger partial charge in [-0.2, -0.15) is 5.26 Å². The summed E-state index contributed by atoms with van der Waals surface area (Å²) in [6.45, 7) is 0. The number of rotatable bonds is 3. The van der Waals surface area contributed by atoms with Gasteiger partial charge in [-0.1, -0.05) is 12.1 Å². The number of hydrogen-bond donors (Lipinski definition) is 0. The predicted octanol–water partition coefficient (Wildman–Crippen LogP) is 4.14. The standard InChI is InChI=1S/C14H9BrFN3O2/c1-18(12-5-3-2-4-9(12)8-17)13-6-10(15)11(16)7-14(13)19(20)21/h2-7H,1H3. The quantitative estimate of drug-likeness (QED) is 0.616. The predicted molar refractivity (Wildman–Crippen MR) is 80.0 cm³/mol. The molecule has 0 saturated carbocycles. The molecule has 0 aliphatic heterocycles. The van der Waals surface area contributed by atoms with E-state index < -0.39 is 10.7 Å². The summed E-state index contributed by atoms with van der Waals surface area (Å²) in [6, 6.07) is 10.9. The Morgan fingerprint density at radius 1 is 1.33 bits per heavy atom. The zero-order valence-electron chi connectivity index (χ0n) is 10.9. The molecule has 2 rings (SSSR count). The van der Waals surface area contributed by atoms with Gasteiger partial charge in [0.1, 0.15) is 17.6 Å². The number of benzene rings is 2. The van der Waals surface area contributed by atoms with Crippen LogP contribution in [0.4, 0.5) is 21.5 Å². The number of nitro benzene ring substituents is 1. The van der Waals surface area contributed by atoms with Gasteiger partial charge in [0.15, 0.2) is 0 Å². The van der Waals surface area contributed by atoms with Crippen molar-refractivity contribution in [3.63, 3.8) is 0 Å². The second-order valence-electron chi connectivity index (χ2n) is 4.20. The third-order valence-corrected chi connectivity index (χ3v) is 3.57. The summed E-state index contributed by atoms with van der Waals surface area (Å²) >= 11 is 3.02. The zero-order valence-corrected chi connectivity index (χ0v) is 12.5. The maximum absolute atomic E-state index is 13.5. The van der Waals surface area contributed by atoms with Gasteiger partial charge >= 0.3 is 0 Å². The first-order valence-corrected chi connectivity index (χ1v) is 6.61. The summed E-state index contributed by atoms with van der Waals surface area (Å²) in [5, 5.41) is 20.2. The highest BCUT2D eigenvalue weighted by Crippen LogP contribution is 2.37. The van der Waals surface area contributed by atoms with Crippen molar-refractivity contribution in [2.24, 2.45) is 0 Å². The van der Waals surface area contributed by atoms with E-state index in [2.05, 4.69) is 15.9 Å². The molecule has 0 bridgehead atoms. The monoisotopic (exact) mass is 349 g/mol. The second kappa shape index (κ2) is 5.89. The van der Waals surface area contributed by atoms with E-state index in [0.29, 0.717) is 11.3 Å². The highest BCUT2D eigenvalue weighted by atomic mass is 79.9. The lowest BCUT2D eigenvalue weighted by Gasteiger charge is -2.20. The minimum Gasteiger partial charge on any atom is -0.338 e. The van der Waals surface area contributed by atoms with Gasteiger partial charge in [0.25, 0.3) is 5.69 Å². The van der Waals surface area contributed by atoms with Crippen LogP contribution in [0.25, 0.3) is 0 Å². The highest BCUT2D eigenvalue weighted by molar-refractivity contribution is 9.10. The van der Waals surface area contributed by atoms with E-state index in [9.17, 15) is 14.5 Å². The van der Waals surface area contributed by atoms with Crippen LogP contribution in [0.3, 0.4) is 0 Å². The molecular weight excluding hydrogens is 341 g/mol. The summed E-state index contributed by atoms with van der Waals surface area (Å²) in [6.07, 6.45) is 0. The topological polar surface area (TPSA) is 70.2 Å². The molecule has 106 valence electrons. The molecule has 0 saturated heterocycles. The minimum atomic E-state index is -0.715. The Morgan fingerprint density at radius 2 is 2.00 bits per heavy atom. The summed E-state index contributed by atoms with van der Waals surface area (Å²) < 4.78 is 13.6. The van der Waals surface area contributed by atoms with Gasteiger partial charge in [-0.25, -0.2) is 4.39 Å². The minimum absolute atomic E-state index is 0.115. The Labute approximate surface area is 128 Å². The molecule has 0 amide bonds. The Kier molecular flexibility index (Phi) is 4.19. The van der Waals surface area contributed by atoms with E-state index in [-0.39, 0.29) is 15.8 Å². The highest BCUT2D eigenvalue weighted by Gasteiger charge is 2.22. The average Bonchev–Trinajstić information content (AvgIpc) is 2.48. The Morgan fingerprint density at radius 3 is 2.62 bits per heavy atom. The lowest BCUT2D eigenvalue weighted by molar-refractivity contribution is -0.384. The third kappa shape index (κ3) is 2.85. The van der Waals surface area contributed by atoms with Crippen molar-refractivity contribution in [3.05, 3.63) is 62.4 Å². The molecule has 21 heavy (non-hydrogen) atoms. The first kappa shape index (κ1) is 14.9. The second-order valence-corrected chi connectivity index (χ2v) is 5.05. The van der Waals surface area contributed by atoms with Gasteiger partial charge < -0.3 is 4.90 Å². The van der Waals surface area contributed by atoms with Crippen LogP contribution < -0.4 is 4.90 Å². The third-order valence-electron chi connectivity index (χ3n) is 2.96. The number of anilines is 2. The van der Waals surface area contributed by atoms with Crippen LogP contribution in [0, 0.1) is 27.3 Å². The molecule has 2 aromatic rings. The molecule has 0 N–H and O–H groups in total. The summed E-state index contributed by atoms with van der Waals surface area (Å²) in [7, 11) is 1.59. The van der Waals surface area contributed by atoms with Gasteiger partial charge in [-0.05, 0) is 34.1 Å². The van der Waals surface area contributed by atoms with Gasteiger partial charge in [-0.3, -0.25) is 10.1 Å². The van der Waals surface area contributed by atoms with Gasteiger partial charge in [0.05, 0.1) is 26.7 Å². The lowest BCUT2D eigenvalue weighted by atomic mass is 10.1. The Bertz CT molecular complexity index is 758. The maximum atomic E-state index is 13.5. The van der Waals surface area contributed by atoms with Crippen LogP contribution in [-0.4, -0.2) is 12.0 Å². The summed E-state index contributed by atoms with van der Waals surface area (Å²) in [5.41, 5.74) is 0.693. The maximum Gasteiger partial charge on any atom is 0.295 e.